The van der Waals surface area contributed by atoms with Crippen LogP contribution in [0, 0.1) is 11.8 Å². The number of piperidine rings is 1. The van der Waals surface area contributed by atoms with Gasteiger partial charge in [0.15, 0.2) is 0 Å². The molecule has 1 unspecified atom stereocenters. The standard InChI is InChI=1S/C18H32N2O2/c1-13(21)11-20-12-15-8-6-5-7-14(15)9-16(20)10-17(22)19-18(2,3)4/h14-16H,5-12H2,1-4H3,(H,19,22)/t14-,15+,16?/m0/s1. The van der Waals surface area contributed by atoms with Gasteiger partial charge in [-0.25, -0.2) is 0 Å². The molecule has 0 spiro atoms. The van der Waals surface area contributed by atoms with Crippen LogP contribution in [0.15, 0.2) is 0 Å². The van der Waals surface area contributed by atoms with Gasteiger partial charge in [-0.15, -0.1) is 0 Å². The number of nitrogens with zero attached hydrogens (tertiary/aromatic N) is 1. The van der Waals surface area contributed by atoms with Gasteiger partial charge < -0.3 is 5.32 Å². The lowest BCUT2D eigenvalue weighted by Gasteiger charge is -2.46. The minimum Gasteiger partial charge on any atom is -0.351 e. The maximum absolute atomic E-state index is 12.3. The van der Waals surface area contributed by atoms with E-state index in [0.717, 1.165) is 24.8 Å². The van der Waals surface area contributed by atoms with Crippen molar-refractivity contribution in [2.24, 2.45) is 11.8 Å². The first-order valence-corrected chi connectivity index (χ1v) is 8.79. The van der Waals surface area contributed by atoms with Crippen molar-refractivity contribution in [2.75, 3.05) is 13.1 Å². The van der Waals surface area contributed by atoms with Gasteiger partial charge in [0, 0.05) is 24.5 Å². The average molecular weight is 308 g/mol. The fourth-order valence-electron chi connectivity index (χ4n) is 4.16. The highest BCUT2D eigenvalue weighted by atomic mass is 16.1. The number of Topliss-reactive ketones (excluding diaryl/α,β-unsaturated/α-hetero) is 1. The van der Waals surface area contributed by atoms with Crippen molar-refractivity contribution in [2.45, 2.75) is 77.8 Å². The fraction of sp³-hybridized carbons (Fsp3) is 0.889. The number of likely N-dealkylation sites (tertiary alicyclic amines) is 1. The molecule has 0 aromatic heterocycles. The Morgan fingerprint density at radius 3 is 2.36 bits per heavy atom. The highest BCUT2D eigenvalue weighted by Gasteiger charge is 2.37. The molecule has 4 heteroatoms. The normalized spacial score (nSPS) is 29.7. The van der Waals surface area contributed by atoms with Crippen LogP contribution in [-0.4, -0.2) is 41.3 Å². The second-order valence-corrected chi connectivity index (χ2v) is 8.33. The Morgan fingerprint density at radius 2 is 1.77 bits per heavy atom. The van der Waals surface area contributed by atoms with Crippen molar-refractivity contribution < 1.29 is 9.59 Å². The summed E-state index contributed by atoms with van der Waals surface area (Å²) in [4.78, 5) is 26.2. The molecule has 2 aliphatic rings. The summed E-state index contributed by atoms with van der Waals surface area (Å²) in [5.74, 6) is 1.80. The summed E-state index contributed by atoms with van der Waals surface area (Å²) in [5.41, 5.74) is -0.190. The quantitative estimate of drug-likeness (QED) is 0.869. The fourth-order valence-corrected chi connectivity index (χ4v) is 4.16. The Labute approximate surface area is 135 Å². The maximum Gasteiger partial charge on any atom is 0.221 e. The zero-order valence-corrected chi connectivity index (χ0v) is 14.7. The molecular formula is C18H32N2O2. The van der Waals surface area contributed by atoms with E-state index in [9.17, 15) is 9.59 Å². The van der Waals surface area contributed by atoms with Crippen molar-refractivity contribution >= 4 is 11.7 Å². The second kappa shape index (κ2) is 7.12. The van der Waals surface area contributed by atoms with Gasteiger partial charge in [-0.1, -0.05) is 19.3 Å². The van der Waals surface area contributed by atoms with E-state index >= 15 is 0 Å². The van der Waals surface area contributed by atoms with Gasteiger partial charge in [-0.3, -0.25) is 14.5 Å². The highest BCUT2D eigenvalue weighted by molar-refractivity contribution is 5.79. The molecule has 126 valence electrons. The van der Waals surface area contributed by atoms with Crippen LogP contribution in [0.2, 0.25) is 0 Å². The Hall–Kier alpha value is -0.900. The highest BCUT2D eigenvalue weighted by Crippen LogP contribution is 2.39. The largest absolute Gasteiger partial charge is 0.351 e. The van der Waals surface area contributed by atoms with Crippen molar-refractivity contribution in [1.29, 1.82) is 0 Å². The van der Waals surface area contributed by atoms with Gasteiger partial charge in [0.2, 0.25) is 5.91 Å². The molecule has 2 rings (SSSR count). The van der Waals surface area contributed by atoms with Crippen LogP contribution in [0.5, 0.6) is 0 Å². The van der Waals surface area contributed by atoms with E-state index in [1.165, 1.54) is 25.7 Å². The van der Waals surface area contributed by atoms with Gasteiger partial charge in [-0.05, 0) is 52.4 Å². The van der Waals surface area contributed by atoms with E-state index in [2.05, 4.69) is 10.2 Å². The number of fused-ring (bicyclic) bond motifs is 1. The van der Waals surface area contributed by atoms with Gasteiger partial charge in [0.25, 0.3) is 0 Å². The molecule has 1 saturated heterocycles. The molecule has 2 fully saturated rings. The van der Waals surface area contributed by atoms with Gasteiger partial charge >= 0.3 is 0 Å². The summed E-state index contributed by atoms with van der Waals surface area (Å²) in [6.45, 7) is 9.18. The predicted octanol–water partition coefficient (Wildman–Crippen LogP) is 2.76. The number of nitrogens with one attached hydrogen (secondary N) is 1. The predicted molar refractivity (Wildman–Crippen MR) is 88.6 cm³/mol. The van der Waals surface area contributed by atoms with E-state index in [1.54, 1.807) is 6.92 Å². The molecule has 1 heterocycles. The monoisotopic (exact) mass is 308 g/mol. The van der Waals surface area contributed by atoms with E-state index < -0.39 is 0 Å². The lowest BCUT2D eigenvalue weighted by atomic mass is 9.72. The number of hydrogen-bond donors (Lipinski definition) is 1. The Morgan fingerprint density at radius 1 is 1.14 bits per heavy atom. The summed E-state index contributed by atoms with van der Waals surface area (Å²) in [5, 5.41) is 3.06. The van der Waals surface area contributed by atoms with E-state index in [-0.39, 0.29) is 23.3 Å². The maximum atomic E-state index is 12.3. The molecule has 0 aromatic carbocycles. The molecule has 1 aliphatic heterocycles. The SMILES string of the molecule is CC(=O)CN1C[C@H]2CCCC[C@H]2CC1CC(=O)NC(C)(C)C. The lowest BCUT2D eigenvalue weighted by Crippen LogP contribution is -2.52. The summed E-state index contributed by atoms with van der Waals surface area (Å²) in [6.07, 6.45) is 6.85. The summed E-state index contributed by atoms with van der Waals surface area (Å²) in [7, 11) is 0. The van der Waals surface area contributed by atoms with Crippen molar-refractivity contribution in [3.05, 3.63) is 0 Å². The Kier molecular flexibility index (Phi) is 5.65. The van der Waals surface area contributed by atoms with Crippen LogP contribution in [0.25, 0.3) is 0 Å². The molecule has 0 aromatic rings. The van der Waals surface area contributed by atoms with Gasteiger partial charge in [0.05, 0.1) is 6.54 Å². The van der Waals surface area contributed by atoms with E-state index in [4.69, 9.17) is 0 Å². The molecule has 1 saturated carbocycles. The molecule has 3 atom stereocenters. The summed E-state index contributed by atoms with van der Waals surface area (Å²) < 4.78 is 0. The topological polar surface area (TPSA) is 49.4 Å². The number of carbonyl (C=O) groups excluding carboxylic acids is 2. The van der Waals surface area contributed by atoms with E-state index in [1.807, 2.05) is 20.8 Å². The van der Waals surface area contributed by atoms with Gasteiger partial charge in [0.1, 0.15) is 5.78 Å². The van der Waals surface area contributed by atoms with Crippen LogP contribution in [0.4, 0.5) is 0 Å². The number of hydrogen-bond acceptors (Lipinski definition) is 3. The number of ketones is 1. The van der Waals surface area contributed by atoms with Crippen LogP contribution >= 0.6 is 0 Å². The first-order valence-electron chi connectivity index (χ1n) is 8.79. The third-order valence-corrected chi connectivity index (χ3v) is 4.99. The van der Waals surface area contributed by atoms with Crippen LogP contribution < -0.4 is 5.32 Å². The summed E-state index contributed by atoms with van der Waals surface area (Å²) >= 11 is 0. The van der Waals surface area contributed by atoms with Gasteiger partial charge in [-0.2, -0.15) is 0 Å². The first-order chi connectivity index (χ1) is 10.2. The number of amides is 1. The van der Waals surface area contributed by atoms with Crippen molar-refractivity contribution in [3.63, 3.8) is 0 Å². The van der Waals surface area contributed by atoms with Crippen LogP contribution in [0.3, 0.4) is 0 Å². The minimum absolute atomic E-state index is 0.111. The summed E-state index contributed by atoms with van der Waals surface area (Å²) in [6, 6.07) is 0.227. The first kappa shape index (κ1) is 17.5. The smallest absolute Gasteiger partial charge is 0.221 e. The zero-order valence-electron chi connectivity index (χ0n) is 14.7. The zero-order chi connectivity index (χ0) is 16.3. The Balaban J connectivity index is 2.00. The third kappa shape index (κ3) is 5.08. The lowest BCUT2D eigenvalue weighted by molar-refractivity contribution is -0.127. The van der Waals surface area contributed by atoms with Crippen LogP contribution in [-0.2, 0) is 9.59 Å². The third-order valence-electron chi connectivity index (χ3n) is 4.99. The molecule has 4 nitrogen and oxygen atoms in total. The average Bonchev–Trinajstić information content (AvgIpc) is 2.36. The molecule has 1 N–H and O–H groups in total. The van der Waals surface area contributed by atoms with Crippen molar-refractivity contribution in [1.82, 2.24) is 10.2 Å². The number of carbonyl (C=O) groups is 2. The molecule has 1 amide bonds. The minimum atomic E-state index is -0.190. The molecule has 1 aliphatic carbocycles. The Bertz CT molecular complexity index is 414. The molecule has 0 bridgehead atoms. The van der Waals surface area contributed by atoms with Crippen LogP contribution in [0.1, 0.15) is 66.2 Å². The molecule has 22 heavy (non-hydrogen) atoms. The molecular weight excluding hydrogens is 276 g/mol. The molecule has 0 radical (unpaired) electrons. The number of rotatable bonds is 4. The van der Waals surface area contributed by atoms with Crippen molar-refractivity contribution in [3.8, 4) is 0 Å². The van der Waals surface area contributed by atoms with E-state index in [0.29, 0.717) is 13.0 Å². The second-order valence-electron chi connectivity index (χ2n) is 8.33.